The molecule has 0 fully saturated rings. The van der Waals surface area contributed by atoms with Crippen LogP contribution in [0.25, 0.3) is 0 Å². The Morgan fingerprint density at radius 3 is 2.68 bits per heavy atom. The van der Waals surface area contributed by atoms with E-state index in [4.69, 9.17) is 15.2 Å². The highest BCUT2D eigenvalue weighted by Gasteiger charge is 2.18. The molecule has 1 aromatic carbocycles. The van der Waals surface area contributed by atoms with Crippen LogP contribution in [0.2, 0.25) is 0 Å². The van der Waals surface area contributed by atoms with E-state index in [9.17, 15) is 10.1 Å². The largest absolute Gasteiger partial charge is 0.496 e. The number of rotatable bonds is 4. The van der Waals surface area contributed by atoms with Gasteiger partial charge >= 0.3 is 5.69 Å². The minimum Gasteiger partial charge on any atom is -0.496 e. The van der Waals surface area contributed by atoms with E-state index >= 15 is 0 Å². The quantitative estimate of drug-likeness (QED) is 0.659. The molecule has 0 atom stereocenters. The lowest BCUT2D eigenvalue weighted by Gasteiger charge is -2.07. The van der Waals surface area contributed by atoms with Gasteiger partial charge in [-0.2, -0.15) is 0 Å². The van der Waals surface area contributed by atoms with E-state index in [0.717, 1.165) is 0 Å². The topological polar surface area (TPSA) is 113 Å². The summed E-state index contributed by atoms with van der Waals surface area (Å²) >= 11 is 0. The summed E-state index contributed by atoms with van der Waals surface area (Å²) < 4.78 is 10.2. The second kappa shape index (κ2) is 5.17. The first kappa shape index (κ1) is 12.6. The lowest BCUT2D eigenvalue weighted by atomic mass is 10.3. The number of benzene rings is 1. The van der Waals surface area contributed by atoms with Crippen LogP contribution in [0.4, 0.5) is 11.5 Å². The average Bonchev–Trinajstić information content (AvgIpc) is 2.41. The number of methoxy groups -OCH3 is 1. The van der Waals surface area contributed by atoms with Crippen LogP contribution < -0.4 is 15.2 Å². The van der Waals surface area contributed by atoms with Crippen LogP contribution in [0.1, 0.15) is 0 Å². The molecule has 98 valence electrons. The molecule has 0 saturated carbocycles. The molecule has 0 bridgehead atoms. The van der Waals surface area contributed by atoms with Gasteiger partial charge in [-0.25, -0.2) is 9.97 Å². The third-order valence-corrected chi connectivity index (χ3v) is 2.26. The average molecular weight is 262 g/mol. The maximum atomic E-state index is 11.0. The maximum Gasteiger partial charge on any atom is 0.315 e. The molecule has 0 radical (unpaired) electrons. The van der Waals surface area contributed by atoms with E-state index in [1.54, 1.807) is 0 Å². The third kappa shape index (κ3) is 2.68. The number of nitro benzene ring substituents is 1. The van der Waals surface area contributed by atoms with Gasteiger partial charge < -0.3 is 15.2 Å². The Bertz CT molecular complexity index is 617. The van der Waals surface area contributed by atoms with E-state index in [-0.39, 0.29) is 23.1 Å². The fourth-order valence-corrected chi connectivity index (χ4v) is 1.37. The van der Waals surface area contributed by atoms with Crippen molar-refractivity contribution in [3.05, 3.63) is 40.7 Å². The lowest BCUT2D eigenvalue weighted by Crippen LogP contribution is -1.99. The Morgan fingerprint density at radius 2 is 2.05 bits per heavy atom. The second-order valence-corrected chi connectivity index (χ2v) is 3.44. The van der Waals surface area contributed by atoms with E-state index < -0.39 is 4.92 Å². The van der Waals surface area contributed by atoms with Gasteiger partial charge in [-0.1, -0.05) is 0 Å². The van der Waals surface area contributed by atoms with Gasteiger partial charge in [-0.15, -0.1) is 0 Å². The van der Waals surface area contributed by atoms with E-state index in [1.807, 2.05) is 0 Å². The molecular weight excluding hydrogens is 252 g/mol. The van der Waals surface area contributed by atoms with Crippen molar-refractivity contribution >= 4 is 11.5 Å². The molecule has 8 heteroatoms. The molecule has 0 spiro atoms. The summed E-state index contributed by atoms with van der Waals surface area (Å²) in [5, 5.41) is 11.0. The Morgan fingerprint density at radius 1 is 1.32 bits per heavy atom. The van der Waals surface area contributed by atoms with E-state index in [2.05, 4.69) is 9.97 Å². The van der Waals surface area contributed by atoms with Crippen LogP contribution >= 0.6 is 0 Å². The van der Waals surface area contributed by atoms with E-state index in [0.29, 0.717) is 5.75 Å². The van der Waals surface area contributed by atoms with Crippen LogP contribution in [0.3, 0.4) is 0 Å². The van der Waals surface area contributed by atoms with Gasteiger partial charge in [0, 0.05) is 12.4 Å². The fourth-order valence-electron chi connectivity index (χ4n) is 1.37. The van der Waals surface area contributed by atoms with Crippen molar-refractivity contribution in [3.63, 3.8) is 0 Å². The van der Waals surface area contributed by atoms with Gasteiger partial charge in [0.05, 0.1) is 18.1 Å². The first-order valence-corrected chi connectivity index (χ1v) is 5.18. The molecule has 2 rings (SSSR count). The summed E-state index contributed by atoms with van der Waals surface area (Å²) in [5.74, 6) is 0.424. The number of aromatic nitrogens is 2. The van der Waals surface area contributed by atoms with Gasteiger partial charge in [-0.05, 0) is 12.1 Å². The van der Waals surface area contributed by atoms with Crippen molar-refractivity contribution in [2.24, 2.45) is 0 Å². The number of hydrogen-bond donors (Lipinski definition) is 1. The summed E-state index contributed by atoms with van der Waals surface area (Å²) in [6.45, 7) is 0. The standard InChI is InChI=1S/C11H10N4O4/c1-18-7-2-3-9(8(6-7)15(16)17)19-11-10(12)13-4-5-14-11/h2-6H,1H3,(H2,12,13). The number of nitrogens with zero attached hydrogens (tertiary/aromatic N) is 3. The molecule has 19 heavy (non-hydrogen) atoms. The fraction of sp³-hybridized carbons (Fsp3) is 0.0909. The summed E-state index contributed by atoms with van der Waals surface area (Å²) in [6.07, 6.45) is 2.77. The predicted molar refractivity (Wildman–Crippen MR) is 66.2 cm³/mol. The Labute approximate surface area is 108 Å². The summed E-state index contributed by atoms with van der Waals surface area (Å²) in [4.78, 5) is 18.0. The molecule has 2 N–H and O–H groups in total. The molecule has 1 aromatic heterocycles. The molecule has 0 amide bonds. The molecule has 8 nitrogen and oxygen atoms in total. The second-order valence-electron chi connectivity index (χ2n) is 3.44. The summed E-state index contributed by atoms with van der Waals surface area (Å²) in [6, 6.07) is 4.20. The minimum atomic E-state index is -0.579. The Kier molecular flexibility index (Phi) is 3.42. The first-order valence-electron chi connectivity index (χ1n) is 5.18. The maximum absolute atomic E-state index is 11.0. The number of ether oxygens (including phenoxy) is 2. The van der Waals surface area contributed by atoms with Crippen molar-refractivity contribution in [2.45, 2.75) is 0 Å². The summed E-state index contributed by atoms with van der Waals surface area (Å²) in [7, 11) is 1.42. The van der Waals surface area contributed by atoms with Crippen molar-refractivity contribution in [1.29, 1.82) is 0 Å². The van der Waals surface area contributed by atoms with Crippen LogP contribution in [0, 0.1) is 10.1 Å². The lowest BCUT2D eigenvalue weighted by molar-refractivity contribution is -0.385. The normalized spacial score (nSPS) is 9.95. The zero-order valence-electron chi connectivity index (χ0n) is 9.94. The van der Waals surface area contributed by atoms with Crippen molar-refractivity contribution < 1.29 is 14.4 Å². The molecule has 0 saturated heterocycles. The minimum absolute atomic E-state index is 0.00997. The van der Waals surface area contributed by atoms with Crippen LogP contribution in [0.5, 0.6) is 17.4 Å². The SMILES string of the molecule is COc1ccc(Oc2nccnc2N)c([N+](=O)[O-])c1. The van der Waals surface area contributed by atoms with Gasteiger partial charge in [0.15, 0.2) is 5.82 Å². The highest BCUT2D eigenvalue weighted by Crippen LogP contribution is 2.34. The van der Waals surface area contributed by atoms with Crippen LogP contribution in [0.15, 0.2) is 30.6 Å². The van der Waals surface area contributed by atoms with Crippen LogP contribution in [-0.2, 0) is 0 Å². The Balaban J connectivity index is 2.40. The number of hydrogen-bond acceptors (Lipinski definition) is 7. The molecule has 0 aliphatic heterocycles. The smallest absolute Gasteiger partial charge is 0.315 e. The summed E-state index contributed by atoms with van der Waals surface area (Å²) in [5.41, 5.74) is 5.31. The number of nitro groups is 1. The first-order chi connectivity index (χ1) is 9.11. The molecular formula is C11H10N4O4. The third-order valence-electron chi connectivity index (χ3n) is 2.26. The zero-order chi connectivity index (χ0) is 13.8. The highest BCUT2D eigenvalue weighted by molar-refractivity contribution is 5.53. The highest BCUT2D eigenvalue weighted by atomic mass is 16.6. The van der Waals surface area contributed by atoms with Gasteiger partial charge in [-0.3, -0.25) is 10.1 Å². The Hall–Kier alpha value is -2.90. The van der Waals surface area contributed by atoms with Crippen molar-refractivity contribution in [1.82, 2.24) is 9.97 Å². The van der Waals surface area contributed by atoms with Gasteiger partial charge in [0.1, 0.15) is 5.75 Å². The molecule has 0 aliphatic rings. The van der Waals surface area contributed by atoms with Gasteiger partial charge in [0.2, 0.25) is 5.75 Å². The monoisotopic (exact) mass is 262 g/mol. The molecule has 1 heterocycles. The number of nitrogen functional groups attached to an aromatic ring is 1. The van der Waals surface area contributed by atoms with Gasteiger partial charge in [0.25, 0.3) is 5.88 Å². The van der Waals surface area contributed by atoms with Crippen LogP contribution in [-0.4, -0.2) is 22.0 Å². The number of anilines is 1. The molecule has 0 unspecified atom stereocenters. The van der Waals surface area contributed by atoms with Crippen molar-refractivity contribution in [2.75, 3.05) is 12.8 Å². The zero-order valence-corrected chi connectivity index (χ0v) is 9.94. The predicted octanol–water partition coefficient (Wildman–Crippen LogP) is 1.77. The van der Waals surface area contributed by atoms with E-state index in [1.165, 1.54) is 37.7 Å². The molecule has 0 aliphatic carbocycles. The van der Waals surface area contributed by atoms with Crippen molar-refractivity contribution in [3.8, 4) is 17.4 Å². The number of nitrogens with two attached hydrogens (primary N) is 1. The molecule has 2 aromatic rings.